The summed E-state index contributed by atoms with van der Waals surface area (Å²) in [4.78, 5) is 25.6. The van der Waals surface area contributed by atoms with Gasteiger partial charge in [0.2, 0.25) is 5.91 Å². The first-order valence-electron chi connectivity index (χ1n) is 6.60. The quantitative estimate of drug-likeness (QED) is 0.776. The van der Waals surface area contributed by atoms with Gasteiger partial charge in [0.25, 0.3) is 0 Å². The maximum atomic E-state index is 12.4. The van der Waals surface area contributed by atoms with E-state index < -0.39 is 0 Å². The van der Waals surface area contributed by atoms with E-state index in [1.165, 1.54) is 12.8 Å². The molecule has 0 aromatic carbocycles. The van der Waals surface area contributed by atoms with Crippen LogP contribution < -0.4 is 0 Å². The molecule has 0 aliphatic carbocycles. The first-order valence-corrected chi connectivity index (χ1v) is 7.65. The van der Waals surface area contributed by atoms with E-state index in [0.717, 1.165) is 31.6 Å². The second-order valence-electron chi connectivity index (χ2n) is 5.09. The molecule has 2 aliphatic rings. The Morgan fingerprint density at radius 1 is 1.24 bits per heavy atom. The summed E-state index contributed by atoms with van der Waals surface area (Å²) in [7, 11) is 0. The average molecular weight is 255 g/mol. The third-order valence-electron chi connectivity index (χ3n) is 3.64. The van der Waals surface area contributed by atoms with Gasteiger partial charge in [0, 0.05) is 19.0 Å². The van der Waals surface area contributed by atoms with E-state index in [1.54, 1.807) is 18.7 Å². The van der Waals surface area contributed by atoms with Crippen molar-refractivity contribution in [1.29, 1.82) is 0 Å². The summed E-state index contributed by atoms with van der Waals surface area (Å²) in [5, 5.41) is 0.163. The standard InChI is InChI=1S/C13H21NO2S/c1-10(15)9-11-5-4-7-14(11)13(16)12-6-2-3-8-17-12/h11-12H,2-9H2,1H3. The number of carbonyl (C=O) groups is 2. The van der Waals surface area contributed by atoms with E-state index in [1.807, 2.05) is 4.90 Å². The average Bonchev–Trinajstić information content (AvgIpc) is 2.76. The van der Waals surface area contributed by atoms with Crippen LogP contribution in [0.4, 0.5) is 0 Å². The minimum Gasteiger partial charge on any atom is -0.338 e. The monoisotopic (exact) mass is 255 g/mol. The van der Waals surface area contributed by atoms with Crippen LogP contribution in [0.25, 0.3) is 0 Å². The molecule has 2 rings (SSSR count). The van der Waals surface area contributed by atoms with Crippen LogP contribution in [0.1, 0.15) is 45.4 Å². The van der Waals surface area contributed by atoms with Crippen LogP contribution in [0, 0.1) is 0 Å². The van der Waals surface area contributed by atoms with Gasteiger partial charge in [-0.3, -0.25) is 9.59 Å². The van der Waals surface area contributed by atoms with Crippen LogP contribution in [0.3, 0.4) is 0 Å². The Balaban J connectivity index is 1.94. The molecule has 2 aliphatic heterocycles. The Morgan fingerprint density at radius 3 is 2.71 bits per heavy atom. The molecule has 2 saturated heterocycles. The predicted octanol–water partition coefficient (Wildman–Crippen LogP) is 2.24. The van der Waals surface area contributed by atoms with Gasteiger partial charge in [-0.25, -0.2) is 0 Å². The van der Waals surface area contributed by atoms with Gasteiger partial charge in [-0.2, -0.15) is 0 Å². The lowest BCUT2D eigenvalue weighted by Gasteiger charge is -2.30. The van der Waals surface area contributed by atoms with Crippen LogP contribution >= 0.6 is 11.8 Å². The number of likely N-dealkylation sites (tertiary alicyclic amines) is 1. The third-order valence-corrected chi connectivity index (χ3v) is 5.00. The number of thioether (sulfide) groups is 1. The predicted molar refractivity (Wildman–Crippen MR) is 70.1 cm³/mol. The van der Waals surface area contributed by atoms with E-state index >= 15 is 0 Å². The molecule has 0 radical (unpaired) electrons. The number of hydrogen-bond acceptors (Lipinski definition) is 3. The lowest BCUT2D eigenvalue weighted by molar-refractivity contribution is -0.132. The van der Waals surface area contributed by atoms with Crippen molar-refractivity contribution in [2.24, 2.45) is 0 Å². The molecule has 2 unspecified atom stereocenters. The van der Waals surface area contributed by atoms with Crippen molar-refractivity contribution in [2.45, 2.75) is 56.7 Å². The summed E-state index contributed by atoms with van der Waals surface area (Å²) in [6, 6.07) is 0.183. The maximum Gasteiger partial charge on any atom is 0.235 e. The lowest BCUT2D eigenvalue weighted by Crippen LogP contribution is -2.42. The lowest BCUT2D eigenvalue weighted by atomic mass is 10.1. The first-order chi connectivity index (χ1) is 8.18. The number of carbonyl (C=O) groups excluding carboxylic acids is 2. The van der Waals surface area contributed by atoms with Crippen LogP contribution in [-0.2, 0) is 9.59 Å². The zero-order chi connectivity index (χ0) is 12.3. The van der Waals surface area contributed by atoms with Crippen molar-refractivity contribution < 1.29 is 9.59 Å². The highest BCUT2D eigenvalue weighted by atomic mass is 32.2. The molecule has 0 bridgehead atoms. The molecule has 2 heterocycles. The van der Waals surface area contributed by atoms with Crippen LogP contribution in [-0.4, -0.2) is 40.2 Å². The molecule has 2 fully saturated rings. The molecule has 17 heavy (non-hydrogen) atoms. The van der Waals surface area contributed by atoms with Gasteiger partial charge >= 0.3 is 0 Å². The number of ketones is 1. The number of Topliss-reactive ketones (excluding diaryl/α,β-unsaturated/α-hetero) is 1. The molecule has 3 nitrogen and oxygen atoms in total. The molecule has 0 saturated carbocycles. The third kappa shape index (κ3) is 3.24. The van der Waals surface area contributed by atoms with Crippen molar-refractivity contribution in [3.05, 3.63) is 0 Å². The smallest absolute Gasteiger partial charge is 0.235 e. The highest BCUT2D eigenvalue weighted by Gasteiger charge is 2.34. The van der Waals surface area contributed by atoms with Gasteiger partial charge in [-0.1, -0.05) is 6.42 Å². The summed E-state index contributed by atoms with van der Waals surface area (Å²) in [6.45, 7) is 2.48. The van der Waals surface area contributed by atoms with Crippen molar-refractivity contribution >= 4 is 23.5 Å². The van der Waals surface area contributed by atoms with E-state index in [4.69, 9.17) is 0 Å². The van der Waals surface area contributed by atoms with Gasteiger partial charge in [0.05, 0.1) is 5.25 Å². The number of hydrogen-bond donors (Lipinski definition) is 0. The first kappa shape index (κ1) is 12.9. The fourth-order valence-corrected chi connectivity index (χ4v) is 4.06. The highest BCUT2D eigenvalue weighted by Crippen LogP contribution is 2.30. The summed E-state index contributed by atoms with van der Waals surface area (Å²) in [5.41, 5.74) is 0. The molecule has 0 aromatic heterocycles. The number of nitrogens with zero attached hydrogens (tertiary/aromatic N) is 1. The SMILES string of the molecule is CC(=O)CC1CCCN1C(=O)C1CCCCS1. The fourth-order valence-electron chi connectivity index (χ4n) is 2.79. The topological polar surface area (TPSA) is 37.4 Å². The fraction of sp³-hybridized carbons (Fsp3) is 0.846. The van der Waals surface area contributed by atoms with Crippen molar-refractivity contribution in [1.82, 2.24) is 4.90 Å². The van der Waals surface area contributed by atoms with Gasteiger partial charge < -0.3 is 4.90 Å². The van der Waals surface area contributed by atoms with E-state index in [-0.39, 0.29) is 17.1 Å². The molecule has 0 N–H and O–H groups in total. The van der Waals surface area contributed by atoms with Crippen molar-refractivity contribution in [2.75, 3.05) is 12.3 Å². The molecular formula is C13H21NO2S. The van der Waals surface area contributed by atoms with Crippen LogP contribution in [0.2, 0.25) is 0 Å². The molecule has 96 valence electrons. The molecule has 1 amide bonds. The van der Waals surface area contributed by atoms with Crippen LogP contribution in [0.5, 0.6) is 0 Å². The Morgan fingerprint density at radius 2 is 2.06 bits per heavy atom. The minimum atomic E-state index is 0.163. The number of rotatable bonds is 3. The summed E-state index contributed by atoms with van der Waals surface area (Å²) in [6.07, 6.45) is 6.04. The van der Waals surface area contributed by atoms with Crippen molar-refractivity contribution in [3.8, 4) is 0 Å². The summed E-state index contributed by atoms with van der Waals surface area (Å²) < 4.78 is 0. The van der Waals surface area contributed by atoms with Gasteiger partial charge in [-0.15, -0.1) is 11.8 Å². The Hall–Kier alpha value is -0.510. The zero-order valence-corrected chi connectivity index (χ0v) is 11.3. The van der Waals surface area contributed by atoms with Gasteiger partial charge in [-0.05, 0) is 38.4 Å². The largest absolute Gasteiger partial charge is 0.338 e. The van der Waals surface area contributed by atoms with E-state index in [0.29, 0.717) is 12.3 Å². The summed E-state index contributed by atoms with van der Waals surface area (Å²) in [5.74, 6) is 1.60. The van der Waals surface area contributed by atoms with E-state index in [2.05, 4.69) is 0 Å². The van der Waals surface area contributed by atoms with Crippen LogP contribution in [0.15, 0.2) is 0 Å². The molecular weight excluding hydrogens is 234 g/mol. The van der Waals surface area contributed by atoms with Crippen molar-refractivity contribution in [3.63, 3.8) is 0 Å². The Kier molecular flexibility index (Phi) is 4.48. The molecule has 4 heteroatoms. The normalized spacial score (nSPS) is 29.4. The molecule has 0 spiro atoms. The maximum absolute atomic E-state index is 12.4. The van der Waals surface area contributed by atoms with Gasteiger partial charge in [0.15, 0.2) is 0 Å². The second-order valence-corrected chi connectivity index (χ2v) is 6.40. The zero-order valence-electron chi connectivity index (χ0n) is 10.5. The van der Waals surface area contributed by atoms with Gasteiger partial charge in [0.1, 0.15) is 5.78 Å². The second kappa shape index (κ2) is 5.89. The molecule has 0 aromatic rings. The summed E-state index contributed by atoms with van der Waals surface area (Å²) >= 11 is 1.80. The number of amides is 1. The molecule has 2 atom stereocenters. The van der Waals surface area contributed by atoms with E-state index in [9.17, 15) is 9.59 Å². The Labute approximate surface area is 107 Å². The Bertz CT molecular complexity index is 300. The highest BCUT2D eigenvalue weighted by molar-refractivity contribution is 8.00. The minimum absolute atomic E-state index is 0.163.